The number of rotatable bonds is 6. The van der Waals surface area contributed by atoms with E-state index in [0.717, 1.165) is 12.8 Å². The van der Waals surface area contributed by atoms with Crippen LogP contribution in [0.2, 0.25) is 0 Å². The Hall–Kier alpha value is -0.0779. The third-order valence-corrected chi connectivity index (χ3v) is 2.41. The molecular weight excluding hydrogens is 387 g/mol. The maximum absolute atomic E-state index is 3.64. The van der Waals surface area contributed by atoms with E-state index in [9.17, 15) is 0 Å². The maximum atomic E-state index is 3.64. The predicted octanol–water partition coefficient (Wildman–Crippen LogP) is 4.27. The van der Waals surface area contributed by atoms with Crippen LogP contribution in [-0.4, -0.2) is 27.3 Å². The third kappa shape index (κ3) is 12.0. The molecule has 0 bridgehead atoms. The fraction of sp³-hybridized carbons (Fsp3) is 0.533. The van der Waals surface area contributed by atoms with Gasteiger partial charge in [-0.2, -0.15) is 0 Å². The van der Waals surface area contributed by atoms with Crippen LogP contribution in [0.4, 0.5) is 0 Å². The topological polar surface area (TPSA) is 0 Å². The van der Waals surface area contributed by atoms with Crippen LogP contribution in [0.25, 0.3) is 0 Å². The van der Waals surface area contributed by atoms with Gasteiger partial charge in [0.2, 0.25) is 0 Å². The number of hydrogen-bond donors (Lipinski definition) is 0. The van der Waals surface area contributed by atoms with E-state index < -0.39 is 0 Å². The average Bonchev–Trinajstić information content (AvgIpc) is 2.17. The Balaban J connectivity index is 0. The van der Waals surface area contributed by atoms with Crippen molar-refractivity contribution in [3.05, 3.63) is 41.2 Å². The van der Waals surface area contributed by atoms with Crippen molar-refractivity contribution in [3.8, 4) is 0 Å². The summed E-state index contributed by atoms with van der Waals surface area (Å²) in [6.45, 7) is 12.2. The molecule has 1 heteroatoms. The molecule has 0 aliphatic heterocycles. The summed E-state index contributed by atoms with van der Waals surface area (Å²) in [5.41, 5.74) is 7.08. The standard InChI is InChI=1S/C15H24.Pb.2H/c1-6-14(4)10-8-12-15(5)11-7-9-13(2)3;;;/h9,12H,1,7-8,10-11H2,2-5H3;;;. The van der Waals surface area contributed by atoms with Crippen molar-refractivity contribution >= 4 is 27.3 Å². The van der Waals surface area contributed by atoms with Gasteiger partial charge in [-0.15, -0.1) is 5.73 Å². The Morgan fingerprint density at radius 2 is 1.56 bits per heavy atom. The molecule has 0 aromatic carbocycles. The summed E-state index contributed by atoms with van der Waals surface area (Å²) < 4.78 is 0. The van der Waals surface area contributed by atoms with Crippen LogP contribution in [0.1, 0.15) is 53.4 Å². The van der Waals surface area contributed by atoms with Gasteiger partial charge in [0.25, 0.3) is 0 Å². The van der Waals surface area contributed by atoms with Crippen LogP contribution < -0.4 is 0 Å². The van der Waals surface area contributed by atoms with Gasteiger partial charge < -0.3 is 0 Å². The van der Waals surface area contributed by atoms with Crippen molar-refractivity contribution < 1.29 is 0 Å². The van der Waals surface area contributed by atoms with Crippen LogP contribution in [0.5, 0.6) is 0 Å². The molecule has 0 saturated heterocycles. The first kappa shape index (κ1) is 18.3. The van der Waals surface area contributed by atoms with E-state index >= 15 is 0 Å². The molecule has 90 valence electrons. The van der Waals surface area contributed by atoms with Gasteiger partial charge >= 0.3 is 27.3 Å². The molecule has 0 aliphatic rings. The fourth-order valence-electron chi connectivity index (χ4n) is 1.31. The van der Waals surface area contributed by atoms with Crippen LogP contribution in [0.15, 0.2) is 41.2 Å². The van der Waals surface area contributed by atoms with E-state index in [2.05, 4.69) is 52.2 Å². The van der Waals surface area contributed by atoms with Gasteiger partial charge in [0.05, 0.1) is 0 Å². The molecule has 0 aliphatic carbocycles. The Morgan fingerprint density at radius 3 is 2.06 bits per heavy atom. The first-order valence-electron chi connectivity index (χ1n) is 5.70. The molecule has 0 atom stereocenters. The summed E-state index contributed by atoms with van der Waals surface area (Å²) in [7, 11) is 0. The molecule has 0 unspecified atom stereocenters. The molecule has 0 amide bonds. The third-order valence-electron chi connectivity index (χ3n) is 2.41. The zero-order chi connectivity index (χ0) is 11.7. The van der Waals surface area contributed by atoms with E-state index in [4.69, 9.17) is 0 Å². The average molecular weight is 414 g/mol. The minimum absolute atomic E-state index is 0. The van der Waals surface area contributed by atoms with Crippen LogP contribution in [-0.2, 0) is 0 Å². The molecule has 0 aromatic rings. The van der Waals surface area contributed by atoms with Crippen LogP contribution >= 0.6 is 0 Å². The molecule has 0 aromatic heterocycles. The fourth-order valence-corrected chi connectivity index (χ4v) is 1.31. The second-order valence-electron chi connectivity index (χ2n) is 4.37. The van der Waals surface area contributed by atoms with Crippen molar-refractivity contribution in [1.82, 2.24) is 0 Å². The quantitative estimate of drug-likeness (QED) is 0.347. The monoisotopic (exact) mass is 414 g/mol. The molecule has 0 saturated carbocycles. The normalized spacial score (nSPS) is 10.1. The summed E-state index contributed by atoms with van der Waals surface area (Å²) in [5, 5.41) is 0. The van der Waals surface area contributed by atoms with Crippen LogP contribution in [0.3, 0.4) is 0 Å². The first-order chi connectivity index (χ1) is 7.06. The zero-order valence-electron chi connectivity index (χ0n) is 11.4. The van der Waals surface area contributed by atoms with E-state index in [-0.39, 0.29) is 27.3 Å². The Kier molecular flexibility index (Phi) is 13.0. The van der Waals surface area contributed by atoms with Gasteiger partial charge in [-0.3, -0.25) is 0 Å². The summed E-state index contributed by atoms with van der Waals surface area (Å²) in [5.74, 6) is 0. The Labute approximate surface area is 121 Å². The first-order valence-corrected chi connectivity index (χ1v) is 5.70. The molecule has 0 spiro atoms. The summed E-state index contributed by atoms with van der Waals surface area (Å²) in [6, 6.07) is 0. The van der Waals surface area contributed by atoms with Crippen LogP contribution in [0, 0.1) is 0 Å². The van der Waals surface area contributed by atoms with E-state index in [1.165, 1.54) is 29.6 Å². The number of hydrogen-bond acceptors (Lipinski definition) is 0. The zero-order valence-corrected chi connectivity index (χ0v) is 16.9. The molecular formula is C15H26Pb. The van der Waals surface area contributed by atoms with E-state index in [0.29, 0.717) is 0 Å². The Bertz CT molecular complexity index is 285. The molecule has 0 fully saturated rings. The molecule has 0 heterocycles. The van der Waals surface area contributed by atoms with E-state index in [1.807, 2.05) is 0 Å². The van der Waals surface area contributed by atoms with Crippen molar-refractivity contribution in [3.63, 3.8) is 0 Å². The molecule has 0 rings (SSSR count). The SMILES string of the molecule is C=C=C(C)CCC=C(C)CCC=C(C)C.[PbH2]. The van der Waals surface area contributed by atoms with Gasteiger partial charge in [0.1, 0.15) is 0 Å². The van der Waals surface area contributed by atoms with Crippen molar-refractivity contribution in [2.75, 3.05) is 0 Å². The molecule has 0 N–H and O–H groups in total. The van der Waals surface area contributed by atoms with Gasteiger partial charge in [-0.1, -0.05) is 29.9 Å². The van der Waals surface area contributed by atoms with Gasteiger partial charge in [0.15, 0.2) is 0 Å². The van der Waals surface area contributed by atoms with Gasteiger partial charge in [-0.05, 0) is 59.0 Å². The summed E-state index contributed by atoms with van der Waals surface area (Å²) in [6.07, 6.45) is 9.19. The van der Waals surface area contributed by atoms with Gasteiger partial charge in [-0.25, -0.2) is 0 Å². The summed E-state index contributed by atoms with van der Waals surface area (Å²) in [4.78, 5) is 0. The van der Waals surface area contributed by atoms with E-state index in [1.54, 1.807) is 0 Å². The molecule has 16 heavy (non-hydrogen) atoms. The van der Waals surface area contributed by atoms with Gasteiger partial charge in [0, 0.05) is 0 Å². The number of allylic oxidation sites excluding steroid dienone is 5. The molecule has 2 radical (unpaired) electrons. The van der Waals surface area contributed by atoms with Crippen molar-refractivity contribution in [1.29, 1.82) is 0 Å². The molecule has 0 nitrogen and oxygen atoms in total. The summed E-state index contributed by atoms with van der Waals surface area (Å²) >= 11 is 0. The van der Waals surface area contributed by atoms with Crippen molar-refractivity contribution in [2.24, 2.45) is 0 Å². The minimum atomic E-state index is 0. The second kappa shape index (κ2) is 11.4. The second-order valence-corrected chi connectivity index (χ2v) is 4.37. The predicted molar refractivity (Wildman–Crippen MR) is 78.5 cm³/mol. The Morgan fingerprint density at radius 1 is 1.00 bits per heavy atom. The van der Waals surface area contributed by atoms with Crippen molar-refractivity contribution in [2.45, 2.75) is 53.4 Å².